The molecular weight excluding hydrogens is 719 g/mol. The second-order valence-corrected chi connectivity index (χ2v) is 16.1. The lowest BCUT2D eigenvalue weighted by atomic mass is 10.0. The number of nitrogens with one attached hydrogen (secondary N) is 1. The summed E-state index contributed by atoms with van der Waals surface area (Å²) >= 11 is 0. The van der Waals surface area contributed by atoms with Gasteiger partial charge in [-0.15, -0.1) is 0 Å². The van der Waals surface area contributed by atoms with Gasteiger partial charge < -0.3 is 33.7 Å². The van der Waals surface area contributed by atoms with E-state index in [0.29, 0.717) is 65.7 Å². The lowest BCUT2D eigenvalue weighted by molar-refractivity contribution is -0.152. The summed E-state index contributed by atoms with van der Waals surface area (Å²) in [6.45, 7) is 14.3. The molecule has 0 aromatic rings. The molecule has 0 spiro atoms. The largest absolute Gasteiger partial charge is 0.462 e. The van der Waals surface area contributed by atoms with Crippen LogP contribution in [0.25, 0.3) is 0 Å². The fraction of sp³-hybridized carbons (Fsp3) is 0.958. The van der Waals surface area contributed by atoms with Crippen molar-refractivity contribution in [3.05, 3.63) is 0 Å². The highest BCUT2D eigenvalue weighted by Crippen LogP contribution is 2.19. The minimum absolute atomic E-state index is 0.0452. The maximum absolute atomic E-state index is 12.5. The van der Waals surface area contributed by atoms with Crippen LogP contribution >= 0.6 is 0 Å². The zero-order chi connectivity index (χ0) is 41.5. The van der Waals surface area contributed by atoms with E-state index in [1.54, 1.807) is 0 Å². The first-order valence-electron chi connectivity index (χ1n) is 24.5. The minimum Gasteiger partial charge on any atom is -0.462 e. The van der Waals surface area contributed by atoms with Crippen molar-refractivity contribution in [3.63, 3.8) is 0 Å². The van der Waals surface area contributed by atoms with E-state index in [2.05, 4.69) is 33.0 Å². The van der Waals surface area contributed by atoms with Crippen molar-refractivity contribution < 1.29 is 38.0 Å². The Balaban J connectivity index is 3.85. The van der Waals surface area contributed by atoms with Gasteiger partial charge >= 0.3 is 11.9 Å². The molecule has 0 fully saturated rings. The molecule has 9 nitrogen and oxygen atoms in total. The van der Waals surface area contributed by atoms with Gasteiger partial charge in [0.15, 0.2) is 0 Å². The van der Waals surface area contributed by atoms with Gasteiger partial charge in [0.1, 0.15) is 12.2 Å². The van der Waals surface area contributed by atoms with Gasteiger partial charge in [-0.05, 0) is 51.4 Å². The monoisotopic (exact) mass is 814 g/mol. The quantitative estimate of drug-likeness (QED) is 0.0475. The van der Waals surface area contributed by atoms with Gasteiger partial charge in [-0.2, -0.15) is 0 Å². The van der Waals surface area contributed by atoms with Crippen molar-refractivity contribution in [2.24, 2.45) is 0 Å². The normalized spacial score (nSPS) is 11.6. The Kier molecular flexibility index (Phi) is 46.4. The highest BCUT2D eigenvalue weighted by atomic mass is 16.6. The molecule has 0 aromatic heterocycles. The van der Waals surface area contributed by atoms with Crippen molar-refractivity contribution >= 4 is 11.9 Å². The number of esters is 2. The van der Waals surface area contributed by atoms with Gasteiger partial charge in [0, 0.05) is 13.1 Å². The highest BCUT2D eigenvalue weighted by molar-refractivity contribution is 5.70. The van der Waals surface area contributed by atoms with Crippen LogP contribution in [0.15, 0.2) is 0 Å². The van der Waals surface area contributed by atoms with Crippen LogP contribution in [0.3, 0.4) is 0 Å². The van der Waals surface area contributed by atoms with Crippen molar-refractivity contribution in [3.8, 4) is 0 Å². The lowest BCUT2D eigenvalue weighted by Gasteiger charge is -2.18. The molecule has 0 rings (SSSR count). The number of unbranched alkanes of at least 4 members (excludes halogenated alkanes) is 20. The molecule has 340 valence electrons. The van der Waals surface area contributed by atoms with Crippen LogP contribution in [0.4, 0.5) is 0 Å². The summed E-state index contributed by atoms with van der Waals surface area (Å²) in [4.78, 5) is 25.1. The number of ether oxygens (including phenoxy) is 6. The summed E-state index contributed by atoms with van der Waals surface area (Å²) in [5.74, 6) is -0.283. The molecule has 0 aliphatic rings. The summed E-state index contributed by atoms with van der Waals surface area (Å²) in [5, 5.41) is 3.31. The first-order chi connectivity index (χ1) is 28.1. The van der Waals surface area contributed by atoms with E-state index in [1.807, 2.05) is 0 Å². The van der Waals surface area contributed by atoms with Crippen LogP contribution in [-0.2, 0) is 38.0 Å². The van der Waals surface area contributed by atoms with Crippen molar-refractivity contribution in [1.82, 2.24) is 5.32 Å². The topological polar surface area (TPSA) is 102 Å². The smallest absolute Gasteiger partial charge is 0.308 e. The third-order valence-corrected chi connectivity index (χ3v) is 10.6. The minimum atomic E-state index is -0.142. The molecule has 0 bridgehead atoms. The maximum atomic E-state index is 12.5. The third kappa shape index (κ3) is 44.1. The van der Waals surface area contributed by atoms with Gasteiger partial charge in [0.2, 0.25) is 0 Å². The van der Waals surface area contributed by atoms with Gasteiger partial charge in [-0.1, -0.05) is 156 Å². The third-order valence-electron chi connectivity index (χ3n) is 10.6. The molecule has 0 radical (unpaired) electrons. The zero-order valence-corrected chi connectivity index (χ0v) is 38.2. The lowest BCUT2D eigenvalue weighted by Crippen LogP contribution is -2.25. The predicted molar refractivity (Wildman–Crippen MR) is 237 cm³/mol. The Morgan fingerprint density at radius 2 is 0.614 bits per heavy atom. The van der Waals surface area contributed by atoms with Gasteiger partial charge in [-0.3, -0.25) is 9.59 Å². The summed E-state index contributed by atoms with van der Waals surface area (Å²) < 4.78 is 34.4. The molecule has 1 N–H and O–H groups in total. The second kappa shape index (κ2) is 47.4. The Hall–Kier alpha value is -1.26. The molecule has 0 saturated heterocycles. The van der Waals surface area contributed by atoms with E-state index in [9.17, 15) is 9.59 Å². The van der Waals surface area contributed by atoms with Crippen molar-refractivity contribution in [2.75, 3.05) is 65.9 Å². The van der Waals surface area contributed by atoms with Crippen molar-refractivity contribution in [2.45, 2.75) is 233 Å². The molecule has 9 heteroatoms. The molecule has 0 aliphatic carbocycles. The zero-order valence-electron chi connectivity index (χ0n) is 38.2. The van der Waals surface area contributed by atoms with Crippen LogP contribution in [0.5, 0.6) is 0 Å². The van der Waals surface area contributed by atoms with Crippen molar-refractivity contribution in [1.29, 1.82) is 0 Å². The molecule has 0 aliphatic heterocycles. The van der Waals surface area contributed by atoms with Crippen LogP contribution in [-0.4, -0.2) is 90.1 Å². The summed E-state index contributed by atoms with van der Waals surface area (Å²) in [6, 6.07) is 0. The first kappa shape index (κ1) is 55.7. The average molecular weight is 814 g/mol. The molecular formula is C48H95NO8. The predicted octanol–water partition coefficient (Wildman–Crippen LogP) is 12.2. The highest BCUT2D eigenvalue weighted by Gasteiger charge is 2.16. The molecule has 0 unspecified atom stereocenters. The van der Waals surface area contributed by atoms with E-state index in [4.69, 9.17) is 28.4 Å². The fourth-order valence-corrected chi connectivity index (χ4v) is 6.99. The average Bonchev–Trinajstić information content (AvgIpc) is 3.20. The van der Waals surface area contributed by atoms with Crippen LogP contribution in [0.1, 0.15) is 220 Å². The fourth-order valence-electron chi connectivity index (χ4n) is 6.99. The standard InChI is InChI=1S/C48H95NO8/c1-5-9-13-17-21-25-29-45(30-26-22-18-14-10-6-2)56-47(50)33-37-52-41-43-54-39-35-49-36-40-55-44-42-53-38-34-48(51)57-46(31-27-23-19-15-11-7-3)32-28-24-20-16-12-8-4/h45-46,49H,5-44H2,1-4H3. The summed E-state index contributed by atoms with van der Waals surface area (Å²) in [5.41, 5.74) is 0. The Morgan fingerprint density at radius 1 is 0.351 bits per heavy atom. The van der Waals surface area contributed by atoms with E-state index in [1.165, 1.54) is 128 Å². The van der Waals surface area contributed by atoms with E-state index in [-0.39, 0.29) is 24.1 Å². The summed E-state index contributed by atoms with van der Waals surface area (Å²) in [7, 11) is 0. The Labute approximate surface area is 352 Å². The number of hydrogen-bond acceptors (Lipinski definition) is 9. The molecule has 0 amide bonds. The molecule has 0 saturated carbocycles. The summed E-state index contributed by atoms with van der Waals surface area (Å²) in [6.07, 6.45) is 34.8. The first-order valence-corrected chi connectivity index (χ1v) is 24.5. The number of hydrogen-bond donors (Lipinski definition) is 1. The molecule has 57 heavy (non-hydrogen) atoms. The molecule has 0 heterocycles. The van der Waals surface area contributed by atoms with Crippen LogP contribution in [0, 0.1) is 0 Å². The number of carbonyl (C=O) groups excluding carboxylic acids is 2. The van der Waals surface area contributed by atoms with Crippen LogP contribution in [0.2, 0.25) is 0 Å². The molecule has 0 atom stereocenters. The Morgan fingerprint density at radius 3 is 0.912 bits per heavy atom. The maximum Gasteiger partial charge on any atom is 0.308 e. The Bertz CT molecular complexity index is 719. The van der Waals surface area contributed by atoms with Gasteiger partial charge in [-0.25, -0.2) is 0 Å². The van der Waals surface area contributed by atoms with E-state index < -0.39 is 0 Å². The van der Waals surface area contributed by atoms with E-state index >= 15 is 0 Å². The SMILES string of the molecule is CCCCCCCCC(CCCCCCCC)OC(=O)CCOCCOCCNCCOCCOCCC(=O)OC(CCCCCCCC)CCCCCCCC. The molecule has 0 aromatic carbocycles. The van der Waals surface area contributed by atoms with Gasteiger partial charge in [0.25, 0.3) is 0 Å². The second-order valence-electron chi connectivity index (χ2n) is 16.1. The van der Waals surface area contributed by atoms with E-state index in [0.717, 1.165) is 64.5 Å². The number of rotatable bonds is 48. The number of carbonyl (C=O) groups is 2. The van der Waals surface area contributed by atoms with Crippen LogP contribution < -0.4 is 5.32 Å². The van der Waals surface area contributed by atoms with Gasteiger partial charge in [0.05, 0.1) is 65.7 Å².